The van der Waals surface area contributed by atoms with E-state index in [1.807, 2.05) is 26.5 Å². The van der Waals surface area contributed by atoms with Gasteiger partial charge in [-0.1, -0.05) is 0 Å². The van der Waals surface area contributed by atoms with Crippen LogP contribution < -0.4 is 5.32 Å². The minimum absolute atomic E-state index is 0.0806. The zero-order valence-electron chi connectivity index (χ0n) is 10.7. The van der Waals surface area contributed by atoms with Gasteiger partial charge in [0.1, 0.15) is 5.01 Å². The number of hydrogen-bond acceptors (Lipinski definition) is 4. The topological polar surface area (TPSA) is 42.7 Å². The van der Waals surface area contributed by atoms with Gasteiger partial charge in [-0.25, -0.2) is 9.97 Å². The van der Waals surface area contributed by atoms with E-state index in [-0.39, 0.29) is 5.54 Å². The van der Waals surface area contributed by atoms with E-state index < -0.39 is 0 Å². The van der Waals surface area contributed by atoms with Crippen molar-refractivity contribution in [3.05, 3.63) is 34.3 Å². The van der Waals surface area contributed by atoms with Crippen LogP contribution in [0.1, 0.15) is 30.2 Å². The van der Waals surface area contributed by atoms with Crippen LogP contribution in [0.2, 0.25) is 0 Å². The molecule has 92 valence electrons. The highest BCUT2D eigenvalue weighted by molar-refractivity contribution is 7.09. The highest BCUT2D eigenvalue weighted by Gasteiger charge is 2.22. The first kappa shape index (κ1) is 12.3. The molecule has 0 radical (unpaired) electrons. The molecule has 17 heavy (non-hydrogen) atoms. The van der Waals surface area contributed by atoms with Gasteiger partial charge in [-0.2, -0.15) is 0 Å². The lowest BCUT2D eigenvalue weighted by atomic mass is 10.0. The van der Waals surface area contributed by atoms with Gasteiger partial charge in [-0.3, -0.25) is 0 Å². The third-order valence-corrected chi connectivity index (χ3v) is 3.90. The second kappa shape index (κ2) is 4.58. The second-order valence-electron chi connectivity index (χ2n) is 4.66. The van der Waals surface area contributed by atoms with Crippen LogP contribution in [0, 0.1) is 6.92 Å². The number of rotatable bonds is 4. The van der Waals surface area contributed by atoms with E-state index in [0.29, 0.717) is 0 Å². The van der Waals surface area contributed by atoms with E-state index >= 15 is 0 Å². The molecule has 2 aromatic rings. The number of hydrogen-bond donors (Lipinski definition) is 1. The highest BCUT2D eigenvalue weighted by atomic mass is 32.1. The van der Waals surface area contributed by atoms with Crippen molar-refractivity contribution in [2.75, 3.05) is 7.05 Å². The monoisotopic (exact) mass is 250 g/mol. The Morgan fingerprint density at radius 3 is 2.82 bits per heavy atom. The summed E-state index contributed by atoms with van der Waals surface area (Å²) in [6.45, 7) is 7.10. The standard InChI is InChI=1S/C12H18N4S/c1-9-7-17-11(15-9)6-16-8-14-5-10(16)12(2,3)13-4/h5,7-8,13H,6H2,1-4H3. The summed E-state index contributed by atoms with van der Waals surface area (Å²) in [4.78, 5) is 8.72. The van der Waals surface area contributed by atoms with Crippen LogP contribution in [0.4, 0.5) is 0 Å². The minimum Gasteiger partial charge on any atom is -0.326 e. The van der Waals surface area contributed by atoms with Gasteiger partial charge in [0.25, 0.3) is 0 Å². The van der Waals surface area contributed by atoms with E-state index in [4.69, 9.17) is 0 Å². The Balaban J connectivity index is 2.26. The quantitative estimate of drug-likeness (QED) is 0.904. The van der Waals surface area contributed by atoms with Crippen LogP contribution in [-0.2, 0) is 12.1 Å². The molecule has 0 aromatic carbocycles. The smallest absolute Gasteiger partial charge is 0.113 e. The Morgan fingerprint density at radius 1 is 1.47 bits per heavy atom. The molecule has 0 saturated heterocycles. The Morgan fingerprint density at radius 2 is 2.24 bits per heavy atom. The fourth-order valence-corrected chi connectivity index (χ4v) is 2.49. The van der Waals surface area contributed by atoms with Gasteiger partial charge in [0.15, 0.2) is 0 Å². The maximum Gasteiger partial charge on any atom is 0.113 e. The maximum atomic E-state index is 4.48. The van der Waals surface area contributed by atoms with Gasteiger partial charge < -0.3 is 9.88 Å². The first-order valence-corrected chi connectivity index (χ1v) is 6.51. The first-order chi connectivity index (χ1) is 8.03. The number of nitrogens with zero attached hydrogens (tertiary/aromatic N) is 3. The Kier molecular flexibility index (Phi) is 3.31. The van der Waals surface area contributed by atoms with Crippen molar-refractivity contribution in [3.63, 3.8) is 0 Å². The van der Waals surface area contributed by atoms with Gasteiger partial charge in [0, 0.05) is 11.1 Å². The highest BCUT2D eigenvalue weighted by Crippen LogP contribution is 2.20. The molecule has 5 heteroatoms. The Labute approximate surface area is 106 Å². The molecule has 0 bridgehead atoms. The van der Waals surface area contributed by atoms with Crippen molar-refractivity contribution in [3.8, 4) is 0 Å². The molecule has 2 rings (SSSR count). The number of nitrogens with one attached hydrogen (secondary N) is 1. The summed E-state index contributed by atoms with van der Waals surface area (Å²) in [7, 11) is 1.96. The van der Waals surface area contributed by atoms with E-state index in [1.165, 1.54) is 5.69 Å². The average molecular weight is 250 g/mol. The molecule has 0 fully saturated rings. The molecule has 0 spiro atoms. The van der Waals surface area contributed by atoms with E-state index in [0.717, 1.165) is 17.2 Å². The van der Waals surface area contributed by atoms with Gasteiger partial charge in [0.2, 0.25) is 0 Å². The maximum absolute atomic E-state index is 4.48. The van der Waals surface area contributed by atoms with Gasteiger partial charge >= 0.3 is 0 Å². The normalized spacial score (nSPS) is 12.0. The fraction of sp³-hybridized carbons (Fsp3) is 0.500. The van der Waals surface area contributed by atoms with Crippen molar-refractivity contribution < 1.29 is 0 Å². The van der Waals surface area contributed by atoms with Crippen molar-refractivity contribution in [1.29, 1.82) is 0 Å². The Hall–Kier alpha value is -1.20. The molecule has 0 aliphatic carbocycles. The summed E-state index contributed by atoms with van der Waals surface area (Å²) in [6.07, 6.45) is 3.78. The predicted octanol–water partition coefficient (Wildman–Crippen LogP) is 2.15. The van der Waals surface area contributed by atoms with Crippen molar-refractivity contribution in [2.24, 2.45) is 0 Å². The summed E-state index contributed by atoms with van der Waals surface area (Å²) in [5, 5.41) is 6.49. The first-order valence-electron chi connectivity index (χ1n) is 5.63. The lowest BCUT2D eigenvalue weighted by Gasteiger charge is -2.25. The lowest BCUT2D eigenvalue weighted by Crippen LogP contribution is -2.35. The predicted molar refractivity (Wildman–Crippen MR) is 70.3 cm³/mol. The van der Waals surface area contributed by atoms with Gasteiger partial charge in [0.05, 0.1) is 30.3 Å². The molecule has 1 N–H and O–H groups in total. The van der Waals surface area contributed by atoms with Crippen LogP contribution in [-0.4, -0.2) is 21.6 Å². The summed E-state index contributed by atoms with van der Waals surface area (Å²) in [5.41, 5.74) is 2.18. The number of thiazole rings is 1. The molecule has 0 atom stereocenters. The zero-order valence-corrected chi connectivity index (χ0v) is 11.5. The molecule has 0 aliphatic heterocycles. The Bertz CT molecular complexity index is 498. The average Bonchev–Trinajstić information content (AvgIpc) is 2.89. The summed E-state index contributed by atoms with van der Waals surface area (Å²) in [6, 6.07) is 0. The lowest BCUT2D eigenvalue weighted by molar-refractivity contribution is 0.413. The fourth-order valence-electron chi connectivity index (χ4n) is 1.72. The van der Waals surface area contributed by atoms with E-state index in [1.54, 1.807) is 11.3 Å². The molecule has 0 amide bonds. The SMILES string of the molecule is CNC(C)(C)c1cncn1Cc1nc(C)cs1. The van der Waals surface area contributed by atoms with Crippen LogP contribution in [0.15, 0.2) is 17.9 Å². The third kappa shape index (κ3) is 2.56. The molecule has 4 nitrogen and oxygen atoms in total. The van der Waals surface area contributed by atoms with Crippen LogP contribution in [0.3, 0.4) is 0 Å². The van der Waals surface area contributed by atoms with Crippen molar-refractivity contribution in [2.45, 2.75) is 32.9 Å². The van der Waals surface area contributed by atoms with Gasteiger partial charge in [-0.05, 0) is 27.8 Å². The number of aryl methyl sites for hydroxylation is 1. The third-order valence-electron chi connectivity index (χ3n) is 2.95. The van der Waals surface area contributed by atoms with Crippen molar-refractivity contribution >= 4 is 11.3 Å². The van der Waals surface area contributed by atoms with E-state index in [2.05, 4.69) is 39.1 Å². The van der Waals surface area contributed by atoms with E-state index in [9.17, 15) is 0 Å². The molecule has 2 aromatic heterocycles. The minimum atomic E-state index is -0.0806. The summed E-state index contributed by atoms with van der Waals surface area (Å²) < 4.78 is 2.15. The molecule has 2 heterocycles. The van der Waals surface area contributed by atoms with Crippen molar-refractivity contribution in [1.82, 2.24) is 19.9 Å². The number of imidazole rings is 1. The molecular weight excluding hydrogens is 232 g/mol. The van der Waals surface area contributed by atoms with Crippen LogP contribution >= 0.6 is 11.3 Å². The second-order valence-corrected chi connectivity index (χ2v) is 5.61. The molecule has 0 unspecified atom stereocenters. The molecular formula is C12H18N4S. The largest absolute Gasteiger partial charge is 0.326 e. The van der Waals surface area contributed by atoms with Gasteiger partial charge in [-0.15, -0.1) is 11.3 Å². The zero-order chi connectivity index (χ0) is 12.5. The molecule has 0 saturated carbocycles. The van der Waals surface area contributed by atoms with Crippen LogP contribution in [0.5, 0.6) is 0 Å². The number of aromatic nitrogens is 3. The van der Waals surface area contributed by atoms with Crippen LogP contribution in [0.25, 0.3) is 0 Å². The summed E-state index contributed by atoms with van der Waals surface area (Å²) in [5.74, 6) is 0. The molecule has 0 aliphatic rings. The summed E-state index contributed by atoms with van der Waals surface area (Å²) >= 11 is 1.69.